The van der Waals surface area contributed by atoms with E-state index in [2.05, 4.69) is 4.98 Å². The van der Waals surface area contributed by atoms with Crippen LogP contribution in [0.4, 0.5) is 0 Å². The Morgan fingerprint density at radius 2 is 2.26 bits per heavy atom. The largest absolute Gasteiger partial charge is 0.493 e. The van der Waals surface area contributed by atoms with Crippen LogP contribution in [-0.2, 0) is 10.5 Å². The minimum absolute atomic E-state index is 0.423. The summed E-state index contributed by atoms with van der Waals surface area (Å²) in [6, 6.07) is 0.917. The number of methoxy groups -OCH3 is 2. The van der Waals surface area contributed by atoms with Crippen LogP contribution in [0.5, 0.6) is 11.5 Å². The third kappa shape index (κ3) is 4.60. The summed E-state index contributed by atoms with van der Waals surface area (Å²) < 4.78 is 10.4. The number of rotatable bonds is 8. The zero-order valence-corrected chi connectivity index (χ0v) is 11.8. The molecular weight excluding hydrogens is 268 g/mol. The molecule has 0 fully saturated rings. The maximum Gasteiger partial charge on any atom is 0.320 e. The third-order valence-electron chi connectivity index (χ3n) is 2.50. The highest BCUT2D eigenvalue weighted by atomic mass is 32.2. The van der Waals surface area contributed by atoms with Crippen molar-refractivity contribution in [2.45, 2.75) is 18.2 Å². The van der Waals surface area contributed by atoms with Gasteiger partial charge in [0.1, 0.15) is 6.04 Å². The molecule has 0 spiro atoms. The molecule has 1 atom stereocenters. The van der Waals surface area contributed by atoms with Gasteiger partial charge in [0.15, 0.2) is 11.5 Å². The molecule has 0 amide bonds. The van der Waals surface area contributed by atoms with E-state index in [4.69, 9.17) is 20.3 Å². The van der Waals surface area contributed by atoms with Crippen molar-refractivity contribution in [2.75, 3.05) is 20.0 Å². The number of hydrogen-bond acceptors (Lipinski definition) is 6. The van der Waals surface area contributed by atoms with Gasteiger partial charge in [-0.2, -0.15) is 11.8 Å². The lowest BCUT2D eigenvalue weighted by Gasteiger charge is -2.11. The molecule has 7 heteroatoms. The molecule has 0 radical (unpaired) electrons. The highest BCUT2D eigenvalue weighted by Gasteiger charge is 2.13. The first-order chi connectivity index (χ1) is 9.10. The lowest BCUT2D eigenvalue weighted by atomic mass is 10.2. The second-order valence-corrected chi connectivity index (χ2v) is 4.88. The van der Waals surface area contributed by atoms with Crippen molar-refractivity contribution < 1.29 is 19.4 Å². The van der Waals surface area contributed by atoms with Crippen molar-refractivity contribution in [1.29, 1.82) is 0 Å². The average Bonchev–Trinajstić information content (AvgIpc) is 2.42. The third-order valence-corrected chi connectivity index (χ3v) is 3.50. The van der Waals surface area contributed by atoms with E-state index >= 15 is 0 Å². The van der Waals surface area contributed by atoms with Gasteiger partial charge in [0, 0.05) is 18.0 Å². The lowest BCUT2D eigenvalue weighted by Crippen LogP contribution is -2.30. The van der Waals surface area contributed by atoms with Gasteiger partial charge in [-0.3, -0.25) is 9.78 Å². The van der Waals surface area contributed by atoms with Crippen molar-refractivity contribution in [1.82, 2.24) is 4.98 Å². The SMILES string of the molecule is COc1ccnc(CSCCC(N)C(=O)O)c1OC. The zero-order valence-electron chi connectivity index (χ0n) is 11.0. The van der Waals surface area contributed by atoms with Gasteiger partial charge in [-0.25, -0.2) is 0 Å². The number of carbonyl (C=O) groups is 1. The van der Waals surface area contributed by atoms with Crippen LogP contribution < -0.4 is 15.2 Å². The van der Waals surface area contributed by atoms with Crippen molar-refractivity contribution in [2.24, 2.45) is 5.73 Å². The molecule has 0 aliphatic carbocycles. The van der Waals surface area contributed by atoms with Crippen LogP contribution in [-0.4, -0.2) is 42.1 Å². The smallest absolute Gasteiger partial charge is 0.320 e. The van der Waals surface area contributed by atoms with Gasteiger partial charge in [0.2, 0.25) is 0 Å². The minimum Gasteiger partial charge on any atom is -0.493 e. The number of nitrogens with two attached hydrogens (primary N) is 1. The Labute approximate surface area is 116 Å². The van der Waals surface area contributed by atoms with Crippen molar-refractivity contribution in [3.63, 3.8) is 0 Å². The summed E-state index contributed by atoms with van der Waals surface area (Å²) >= 11 is 1.56. The van der Waals surface area contributed by atoms with Crippen LogP contribution in [0, 0.1) is 0 Å². The molecule has 106 valence electrons. The standard InChI is InChI=1S/C12H18N2O4S/c1-17-10-3-5-14-9(11(10)18-2)7-19-6-4-8(13)12(15)16/h3,5,8H,4,6-7,13H2,1-2H3,(H,15,16). The molecule has 0 saturated carbocycles. The predicted octanol–water partition coefficient (Wildman–Crippen LogP) is 1.13. The van der Waals surface area contributed by atoms with Crippen molar-refractivity contribution >= 4 is 17.7 Å². The summed E-state index contributed by atoms with van der Waals surface area (Å²) in [5.74, 6) is 1.54. The molecule has 0 saturated heterocycles. The Hall–Kier alpha value is -1.47. The Kier molecular flexibility index (Phi) is 6.44. The molecule has 0 bridgehead atoms. The molecule has 0 aliphatic rings. The number of aliphatic carboxylic acids is 1. The molecule has 1 rings (SSSR count). The Bertz CT molecular complexity index is 428. The molecule has 0 aliphatic heterocycles. The summed E-state index contributed by atoms with van der Waals surface area (Å²) in [5, 5.41) is 8.67. The number of thioether (sulfide) groups is 1. The van der Waals surface area contributed by atoms with Gasteiger partial charge >= 0.3 is 5.97 Å². The molecule has 1 heterocycles. The van der Waals surface area contributed by atoms with Crippen LogP contribution >= 0.6 is 11.8 Å². The topological polar surface area (TPSA) is 94.7 Å². The first-order valence-corrected chi connectivity index (χ1v) is 6.87. The van der Waals surface area contributed by atoms with Crippen molar-refractivity contribution in [3.8, 4) is 11.5 Å². The van der Waals surface area contributed by atoms with Crippen molar-refractivity contribution in [3.05, 3.63) is 18.0 Å². The maximum atomic E-state index is 10.6. The van der Waals surface area contributed by atoms with Crippen LogP contribution in [0.1, 0.15) is 12.1 Å². The summed E-state index contributed by atoms with van der Waals surface area (Å²) in [6.45, 7) is 0. The molecule has 3 N–H and O–H groups in total. The van der Waals surface area contributed by atoms with Crippen LogP contribution in [0.3, 0.4) is 0 Å². The number of aromatic nitrogens is 1. The highest BCUT2D eigenvalue weighted by molar-refractivity contribution is 7.98. The zero-order chi connectivity index (χ0) is 14.3. The van der Waals surface area contributed by atoms with E-state index in [1.54, 1.807) is 38.2 Å². The summed E-state index contributed by atoms with van der Waals surface area (Å²) in [7, 11) is 3.13. The van der Waals surface area contributed by atoms with Crippen LogP contribution in [0.2, 0.25) is 0 Å². The Balaban J connectivity index is 2.51. The van der Waals surface area contributed by atoms with Crippen LogP contribution in [0.25, 0.3) is 0 Å². The highest BCUT2D eigenvalue weighted by Crippen LogP contribution is 2.31. The molecule has 19 heavy (non-hydrogen) atoms. The normalized spacial score (nSPS) is 11.9. The van der Waals surface area contributed by atoms with E-state index in [1.807, 2.05) is 0 Å². The number of carboxylic acids is 1. The molecule has 6 nitrogen and oxygen atoms in total. The van der Waals surface area contributed by atoms with E-state index in [1.165, 1.54) is 0 Å². The van der Waals surface area contributed by atoms with Gasteiger partial charge in [0.25, 0.3) is 0 Å². The van der Waals surface area contributed by atoms with E-state index in [0.717, 1.165) is 5.69 Å². The number of carboxylic acid groups (broad SMARTS) is 1. The Morgan fingerprint density at radius 1 is 1.53 bits per heavy atom. The van der Waals surface area contributed by atoms with E-state index in [0.29, 0.717) is 29.4 Å². The Morgan fingerprint density at radius 3 is 2.84 bits per heavy atom. The second-order valence-electron chi connectivity index (χ2n) is 3.78. The number of hydrogen-bond donors (Lipinski definition) is 2. The van der Waals surface area contributed by atoms with Crippen LogP contribution in [0.15, 0.2) is 12.3 Å². The maximum absolute atomic E-state index is 10.6. The van der Waals surface area contributed by atoms with Gasteiger partial charge in [-0.15, -0.1) is 0 Å². The van der Waals surface area contributed by atoms with Gasteiger partial charge in [-0.05, 0) is 12.2 Å². The molecular formula is C12H18N2O4S. The van der Waals surface area contributed by atoms with Gasteiger partial charge in [-0.1, -0.05) is 0 Å². The average molecular weight is 286 g/mol. The quantitative estimate of drug-likeness (QED) is 0.692. The second kappa shape index (κ2) is 7.85. The number of ether oxygens (including phenoxy) is 2. The fourth-order valence-electron chi connectivity index (χ4n) is 1.46. The first-order valence-electron chi connectivity index (χ1n) is 5.72. The fourth-order valence-corrected chi connectivity index (χ4v) is 2.42. The monoisotopic (exact) mass is 286 g/mol. The van der Waals surface area contributed by atoms with E-state index < -0.39 is 12.0 Å². The van der Waals surface area contributed by atoms with E-state index in [-0.39, 0.29) is 0 Å². The predicted molar refractivity (Wildman–Crippen MR) is 73.7 cm³/mol. The molecule has 1 aromatic heterocycles. The number of nitrogens with zero attached hydrogens (tertiary/aromatic N) is 1. The molecule has 1 unspecified atom stereocenters. The van der Waals surface area contributed by atoms with Gasteiger partial charge in [0.05, 0.1) is 19.9 Å². The van der Waals surface area contributed by atoms with E-state index in [9.17, 15) is 4.79 Å². The molecule has 1 aromatic rings. The fraction of sp³-hybridized carbons (Fsp3) is 0.500. The summed E-state index contributed by atoms with van der Waals surface area (Å²) in [6.07, 6.45) is 2.08. The van der Waals surface area contributed by atoms with Gasteiger partial charge < -0.3 is 20.3 Å². The summed E-state index contributed by atoms with van der Waals surface area (Å²) in [5.41, 5.74) is 6.20. The first kappa shape index (κ1) is 15.6. The minimum atomic E-state index is -0.974. The molecule has 0 aromatic carbocycles. The summed E-state index contributed by atoms with van der Waals surface area (Å²) in [4.78, 5) is 14.8. The number of pyridine rings is 1. The lowest BCUT2D eigenvalue weighted by molar-refractivity contribution is -0.138.